The van der Waals surface area contributed by atoms with Gasteiger partial charge in [-0.3, -0.25) is 45.7 Å². The maximum atomic E-state index is 12.0. The molecular weight excluding hydrogens is 2320 g/mol. The lowest BCUT2D eigenvalue weighted by molar-refractivity contribution is -0.254. The number of halogens is 2. The van der Waals surface area contributed by atoms with Crippen LogP contribution in [0.5, 0.6) is 11.5 Å². The molecule has 0 amide bonds. The Kier molecular flexibility index (Phi) is 46.7. The van der Waals surface area contributed by atoms with Crippen LogP contribution in [0.4, 0.5) is 23.3 Å². The zero-order valence-electron chi connectivity index (χ0n) is 78.8. The van der Waals surface area contributed by atoms with Gasteiger partial charge in [-0.1, -0.05) is 111 Å². The zero-order chi connectivity index (χ0) is 108. The average molecular weight is 2420 g/mol. The molecule has 0 radical (unpaired) electrons. The Balaban J connectivity index is 0.000000175. The number of phosphoric acid groups is 6. The molecule has 12 unspecified atom stereocenters. The Bertz CT molecular complexity index is 6110. The van der Waals surface area contributed by atoms with Gasteiger partial charge in [-0.05, 0) is 99.5 Å². The van der Waals surface area contributed by atoms with Crippen molar-refractivity contribution in [3.8, 4) is 11.5 Å². The number of phosphoric ester groups is 2. The second kappa shape index (κ2) is 56.3. The third-order valence-electron chi connectivity index (χ3n) is 19.5. The van der Waals surface area contributed by atoms with Gasteiger partial charge in [-0.15, -0.1) is 0 Å². The van der Waals surface area contributed by atoms with Crippen LogP contribution in [0.3, 0.4) is 0 Å². The number of nitrogens with zero attached hydrogens (tertiary/aromatic N) is 20. The highest BCUT2D eigenvalue weighted by Gasteiger charge is 2.45. The topological polar surface area (TPSA) is 780 Å². The van der Waals surface area contributed by atoms with E-state index < -0.39 is 124 Å². The van der Waals surface area contributed by atoms with Crippen molar-refractivity contribution in [3.63, 3.8) is 0 Å². The number of aliphatic hydroxyl groups excluding tert-OH is 2. The summed E-state index contributed by atoms with van der Waals surface area (Å²) in [5.74, 6) is 1.44. The molecule has 2 aromatic carbocycles. The SMILES string of the molecule is CSS[C@@H](C)OC1C[C@H](n2cnc3c(N)ncnc32)O[C@@H]1COP(=O)([O-])OP(=O)([O-])OP(=O)([O-])O.CSS[C@@H](C)OC1C[C@H](n2cnc3c(N=CN(C)C)ncnc32)O[C@@H]1CO.CSS[C@@H](C)OC1C[C@H](n2cnc3c(N=CN(C)C)ncnc32)O[C@@H]1CO.CSS[C@H](C)OC1C[C@H](n2cnc3c(N)ncnc32)O[C@@H]1COP(=O)([O-])OP(=O)([O-])OP(=O)([O-])O.O=C1OP(Cl)Oc2ccccc21.O=C1OP(Cl)Oc2ccccc21. The highest BCUT2D eigenvalue weighted by atomic mass is 35.7. The predicted molar refractivity (Wildman–Crippen MR) is 541 cm³/mol. The monoisotopic (exact) mass is 2420 g/mol. The quantitative estimate of drug-likeness (QED) is 0.00684. The lowest BCUT2D eigenvalue weighted by Crippen LogP contribution is -2.31. The third-order valence-corrected chi connectivity index (χ3v) is 36.8. The number of anilines is 2. The van der Waals surface area contributed by atoms with Crippen LogP contribution in [-0.4, -0.2) is 283 Å². The van der Waals surface area contributed by atoms with Gasteiger partial charge in [0.1, 0.15) is 130 Å². The molecule has 58 nitrogen and oxygen atoms in total. The summed E-state index contributed by atoms with van der Waals surface area (Å²) < 4.78 is 165. The number of benzene rings is 2. The number of carbonyl (C=O) groups is 2. The van der Waals surface area contributed by atoms with Crippen molar-refractivity contribution >= 4 is 264 Å². The molecule has 0 saturated carbocycles. The van der Waals surface area contributed by atoms with E-state index in [1.807, 2.05) is 86.0 Å². The minimum absolute atomic E-state index is 0.00947. The number of nitrogens with two attached hydrogens (primary N) is 2. The largest absolute Gasteiger partial charge is 0.756 e. The number of ether oxygens (including phenoxy) is 8. The Labute approximate surface area is 885 Å². The van der Waals surface area contributed by atoms with E-state index in [1.54, 1.807) is 131 Å². The minimum Gasteiger partial charge on any atom is -0.756 e. The molecule has 816 valence electrons. The van der Waals surface area contributed by atoms with E-state index in [0.29, 0.717) is 91.8 Å². The number of aliphatic hydroxyl groups is 2. The Morgan fingerprint density at radius 1 is 0.439 bits per heavy atom. The second-order valence-corrected chi connectivity index (χ2v) is 53.4. The first-order valence-corrected chi connectivity index (χ1v) is 65.7. The molecule has 0 bridgehead atoms. The van der Waals surface area contributed by atoms with Crippen LogP contribution in [0.2, 0.25) is 0 Å². The fourth-order valence-electron chi connectivity index (χ4n) is 13.8. The smallest absolute Gasteiger partial charge is 0.403 e. The number of imidazole rings is 4. The summed E-state index contributed by atoms with van der Waals surface area (Å²) in [4.78, 5) is 170. The van der Waals surface area contributed by atoms with Gasteiger partial charge in [0.15, 0.2) is 56.9 Å². The lowest BCUT2D eigenvalue weighted by Gasteiger charge is -2.33. The van der Waals surface area contributed by atoms with Gasteiger partial charge in [0.25, 0.3) is 46.9 Å². The average Bonchev–Trinajstić information content (AvgIpc) is 1.64. The van der Waals surface area contributed by atoms with E-state index >= 15 is 0 Å². The van der Waals surface area contributed by atoms with E-state index in [-0.39, 0.29) is 96.3 Å². The Morgan fingerprint density at radius 2 is 0.723 bits per heavy atom. The third kappa shape index (κ3) is 36.2. The number of rotatable bonds is 40. The number of hydrogen-bond acceptors (Lipinski definition) is 58. The molecular formula is C72H94Cl2N22O36P8S8-6. The van der Waals surface area contributed by atoms with Gasteiger partial charge in [-0.25, -0.2) is 96.6 Å². The number of fused-ring (bicyclic) bond motifs is 6. The molecule has 6 aliphatic heterocycles. The Hall–Kier alpha value is -5.62. The minimum atomic E-state index is -6.02. The van der Waals surface area contributed by atoms with Gasteiger partial charge >= 0.3 is 27.4 Å². The number of nitrogen functional groups attached to an aromatic ring is 2. The molecule has 10 aromatic rings. The summed E-state index contributed by atoms with van der Waals surface area (Å²) in [6, 6.07) is 13.7. The van der Waals surface area contributed by atoms with E-state index in [1.165, 1.54) is 90.3 Å². The van der Waals surface area contributed by atoms with Crippen LogP contribution < -0.4 is 49.9 Å². The number of hydrogen-bond donors (Lipinski definition) is 6. The lowest BCUT2D eigenvalue weighted by atomic mass is 10.2. The fourth-order valence-corrected chi connectivity index (χ4v) is 27.3. The molecule has 14 heterocycles. The summed E-state index contributed by atoms with van der Waals surface area (Å²) in [5, 5.41) is 19.4. The first-order valence-electron chi connectivity index (χ1n) is 42.2. The molecule has 8 aromatic heterocycles. The molecule has 148 heavy (non-hydrogen) atoms. The summed E-state index contributed by atoms with van der Waals surface area (Å²) in [6.07, 6.45) is 17.3. The van der Waals surface area contributed by atoms with Crippen LogP contribution in [0, 0.1) is 0 Å². The molecule has 8 N–H and O–H groups in total. The summed E-state index contributed by atoms with van der Waals surface area (Å²) >= 11 is 11.1. The Morgan fingerprint density at radius 3 is 1.02 bits per heavy atom. The van der Waals surface area contributed by atoms with Crippen LogP contribution in [-0.2, 0) is 101 Å². The van der Waals surface area contributed by atoms with Gasteiger partial charge in [0, 0.05) is 53.9 Å². The van der Waals surface area contributed by atoms with Crippen molar-refractivity contribution in [2.45, 2.75) is 149 Å². The predicted octanol–water partition coefficient (Wildman–Crippen LogP) is 9.31. The maximum Gasteiger partial charge on any atom is 0.403 e. The van der Waals surface area contributed by atoms with E-state index in [9.17, 15) is 76.6 Å². The van der Waals surface area contributed by atoms with Gasteiger partial charge in [0.05, 0.1) is 88.8 Å². The molecule has 0 aliphatic carbocycles. The second-order valence-electron chi connectivity index (χ2n) is 30.5. The van der Waals surface area contributed by atoms with Gasteiger partial charge < -0.3 is 136 Å². The van der Waals surface area contributed by atoms with Crippen molar-refractivity contribution in [1.82, 2.24) is 87.9 Å². The van der Waals surface area contributed by atoms with E-state index in [0.717, 1.165) is 0 Å². The first-order chi connectivity index (χ1) is 70.0. The van der Waals surface area contributed by atoms with E-state index in [4.69, 9.17) is 90.7 Å². The normalized spacial score (nSPS) is 24.8. The van der Waals surface area contributed by atoms with Crippen molar-refractivity contribution in [1.29, 1.82) is 0 Å². The van der Waals surface area contributed by atoms with Crippen LogP contribution in [0.1, 0.15) is 99.0 Å². The highest BCUT2D eigenvalue weighted by Crippen LogP contribution is 2.64. The molecule has 76 heteroatoms. The summed E-state index contributed by atoms with van der Waals surface area (Å²) in [5.41, 5.74) is 15.6. The van der Waals surface area contributed by atoms with Gasteiger partial charge in [-0.2, -0.15) is 0 Å². The van der Waals surface area contributed by atoms with Crippen molar-refractivity contribution < 1.29 is 169 Å². The highest BCUT2D eigenvalue weighted by molar-refractivity contribution is 8.77. The number of aromatic nitrogens is 16. The zero-order valence-corrected chi connectivity index (χ0v) is 94.0. The molecule has 24 atom stereocenters. The maximum absolute atomic E-state index is 12.0. The van der Waals surface area contributed by atoms with Crippen LogP contribution in [0.25, 0.3) is 44.7 Å². The number of aliphatic imine (C=N–C) groups is 2. The molecule has 4 saturated heterocycles. The van der Waals surface area contributed by atoms with Gasteiger partial charge in [0.2, 0.25) is 0 Å². The number of carbonyl (C=O) groups excluding carboxylic acids is 2. The summed E-state index contributed by atoms with van der Waals surface area (Å²) in [7, 11) is -18.5. The van der Waals surface area contributed by atoms with Crippen molar-refractivity contribution in [3.05, 3.63) is 110 Å². The molecule has 16 rings (SSSR count). The summed E-state index contributed by atoms with van der Waals surface area (Å²) in [6.45, 7) is 5.78. The van der Waals surface area contributed by atoms with Crippen molar-refractivity contribution in [2.24, 2.45) is 9.98 Å². The number of para-hydroxylation sites is 2. The molecule has 4 fully saturated rings. The first kappa shape index (κ1) is 123. The van der Waals surface area contributed by atoms with Crippen LogP contribution in [0.15, 0.2) is 109 Å². The molecule has 0 spiro atoms. The van der Waals surface area contributed by atoms with E-state index in [2.05, 4.69) is 105 Å². The standard InChI is InChI=1S/2C16H24N6O3S2.2C13H22N5O12P3S2.2C7H4ClO3P/c2*1-10(27-26-4)24-11-5-13(25-12(11)6-23)22-9-19-14-15(20-8-21(2)3)17-7-18-16(14)22;2*1-7(35-34-2)27-8-3-10(18-6-17-11-12(14)15-5-16-13(11)18)28-9(8)4-26-32(22,23)30-33(24,25)29-31(19,20)21;2*8-12-10-6-4-2-1-3-5(6)7(9)11-12/h2*7-13,23H,5-6H2,1-4H3;2*5-10H,3-4H2,1-2H3,(H,22,23)(H,24,25)(H2,14,15,16)(H2,19,20,21);2*1-4H/p-6/t2*10-,11?,12+,13+;7-,8?,9+,10+;7-,8?,9-,10-;;/m0001../s1. The van der Waals surface area contributed by atoms with Crippen LogP contribution >= 0.6 is 171 Å². The fraction of sp³-hybridized carbons (Fsp3) is 0.500. The van der Waals surface area contributed by atoms with Crippen molar-refractivity contribution in [2.75, 3.05) is 91.1 Å². The molecule has 6 aliphatic rings.